The molecule has 1 N–H and O–H groups in total. The number of nitrogens with one attached hydrogen (secondary N) is 1. The second-order valence-corrected chi connectivity index (χ2v) is 7.90. The molecule has 1 aromatic carbocycles. The molecule has 1 rings (SSSR count). The summed E-state index contributed by atoms with van der Waals surface area (Å²) in [5, 5.41) is 4.01. The van der Waals surface area contributed by atoms with Gasteiger partial charge in [-0.1, -0.05) is 127 Å². The van der Waals surface area contributed by atoms with Crippen LogP contribution in [-0.4, -0.2) is 12.1 Å². The Morgan fingerprint density at radius 2 is 1.21 bits per heavy atom. The summed E-state index contributed by atoms with van der Waals surface area (Å²) in [5.74, 6) is 0.0156. The van der Waals surface area contributed by atoms with Crippen LogP contribution >= 0.6 is 0 Å². The summed E-state index contributed by atoms with van der Waals surface area (Å²) in [6.07, 6.45) is 22.4. The van der Waals surface area contributed by atoms with Crippen molar-refractivity contribution < 1.29 is 4.79 Å². The van der Waals surface area contributed by atoms with E-state index in [1.807, 2.05) is 30.3 Å². The Balaban J connectivity index is 1.80. The van der Waals surface area contributed by atoms with Crippen LogP contribution in [0.4, 0.5) is 0 Å². The lowest BCUT2D eigenvalue weighted by molar-refractivity contribution is -0.121. The van der Waals surface area contributed by atoms with Gasteiger partial charge < -0.3 is 0 Å². The summed E-state index contributed by atoms with van der Waals surface area (Å²) in [4.78, 5) is 11.7. The van der Waals surface area contributed by atoms with E-state index in [4.69, 9.17) is 0 Å². The van der Waals surface area contributed by atoms with Crippen LogP contribution in [-0.2, 0) is 4.79 Å². The molecule has 0 radical (unpaired) electrons. The molecule has 0 unspecified atom stereocenters. The average molecular weight is 387 g/mol. The highest BCUT2D eigenvalue weighted by molar-refractivity contribution is 5.82. The van der Waals surface area contributed by atoms with Gasteiger partial charge in [0.2, 0.25) is 5.91 Å². The van der Waals surface area contributed by atoms with Crippen LogP contribution < -0.4 is 5.43 Å². The van der Waals surface area contributed by atoms with Gasteiger partial charge in [0.25, 0.3) is 0 Å². The van der Waals surface area contributed by atoms with Crippen LogP contribution in [0.3, 0.4) is 0 Å². The van der Waals surface area contributed by atoms with Crippen molar-refractivity contribution in [2.75, 3.05) is 0 Å². The molecule has 0 saturated carbocycles. The number of hydrogen-bond acceptors (Lipinski definition) is 2. The summed E-state index contributed by atoms with van der Waals surface area (Å²) >= 11 is 0. The lowest BCUT2D eigenvalue weighted by Crippen LogP contribution is -2.16. The van der Waals surface area contributed by atoms with Crippen molar-refractivity contribution in [3.8, 4) is 0 Å². The molecule has 0 atom stereocenters. The lowest BCUT2D eigenvalue weighted by Gasteiger charge is -2.03. The van der Waals surface area contributed by atoms with Crippen LogP contribution in [0, 0.1) is 0 Å². The van der Waals surface area contributed by atoms with E-state index in [2.05, 4.69) is 17.5 Å². The van der Waals surface area contributed by atoms with Crippen LogP contribution in [0.1, 0.15) is 115 Å². The van der Waals surface area contributed by atoms with Gasteiger partial charge in [-0.25, -0.2) is 5.43 Å². The maximum absolute atomic E-state index is 11.7. The minimum atomic E-state index is 0.0156. The van der Waals surface area contributed by atoms with Gasteiger partial charge in [-0.05, 0) is 12.0 Å². The van der Waals surface area contributed by atoms with E-state index in [9.17, 15) is 4.79 Å². The Morgan fingerprint density at radius 3 is 1.71 bits per heavy atom. The first kappa shape index (κ1) is 24.4. The highest BCUT2D eigenvalue weighted by Crippen LogP contribution is 2.13. The van der Waals surface area contributed by atoms with Crippen molar-refractivity contribution in [3.05, 3.63) is 35.9 Å². The zero-order valence-corrected chi connectivity index (χ0v) is 18.1. The second kappa shape index (κ2) is 18.7. The van der Waals surface area contributed by atoms with Crippen molar-refractivity contribution in [3.63, 3.8) is 0 Å². The highest BCUT2D eigenvalue weighted by Gasteiger charge is 1.99. The molecule has 1 aromatic rings. The van der Waals surface area contributed by atoms with E-state index in [0.717, 1.165) is 18.4 Å². The number of nitrogens with zero attached hydrogens (tertiary/aromatic N) is 1. The fourth-order valence-electron chi connectivity index (χ4n) is 3.43. The molecule has 0 bridgehead atoms. The molecule has 0 aliphatic carbocycles. The number of hydrazone groups is 1. The Kier molecular flexibility index (Phi) is 16.3. The first-order valence-corrected chi connectivity index (χ1v) is 11.7. The molecule has 0 fully saturated rings. The molecule has 0 aromatic heterocycles. The van der Waals surface area contributed by atoms with Crippen LogP contribution in [0.15, 0.2) is 35.4 Å². The topological polar surface area (TPSA) is 41.5 Å². The molecule has 1 amide bonds. The smallest absolute Gasteiger partial charge is 0.240 e. The summed E-state index contributed by atoms with van der Waals surface area (Å²) in [7, 11) is 0. The van der Waals surface area contributed by atoms with E-state index in [1.54, 1.807) is 6.21 Å². The monoisotopic (exact) mass is 386 g/mol. The summed E-state index contributed by atoms with van der Waals surface area (Å²) in [6, 6.07) is 9.80. The molecule has 3 heteroatoms. The van der Waals surface area contributed by atoms with E-state index < -0.39 is 0 Å². The molecule has 158 valence electrons. The van der Waals surface area contributed by atoms with Gasteiger partial charge in [-0.15, -0.1) is 0 Å². The predicted molar refractivity (Wildman–Crippen MR) is 122 cm³/mol. The summed E-state index contributed by atoms with van der Waals surface area (Å²) in [5.41, 5.74) is 3.61. The number of carbonyl (C=O) groups is 1. The molecular weight excluding hydrogens is 344 g/mol. The van der Waals surface area contributed by atoms with Gasteiger partial charge in [-0.2, -0.15) is 5.10 Å². The first-order valence-electron chi connectivity index (χ1n) is 11.7. The molecule has 3 nitrogen and oxygen atoms in total. The minimum absolute atomic E-state index is 0.0156. The normalized spacial score (nSPS) is 11.2. The Bertz CT molecular complexity index is 499. The zero-order valence-electron chi connectivity index (χ0n) is 18.1. The molecule has 0 heterocycles. The van der Waals surface area contributed by atoms with Crippen molar-refractivity contribution in [1.82, 2.24) is 5.43 Å². The summed E-state index contributed by atoms with van der Waals surface area (Å²) in [6.45, 7) is 2.28. The molecule has 28 heavy (non-hydrogen) atoms. The third-order valence-corrected chi connectivity index (χ3v) is 5.21. The number of amides is 1. The van der Waals surface area contributed by atoms with E-state index in [0.29, 0.717) is 6.42 Å². The summed E-state index contributed by atoms with van der Waals surface area (Å²) < 4.78 is 0. The van der Waals surface area contributed by atoms with Crippen molar-refractivity contribution in [1.29, 1.82) is 0 Å². The Labute approximate surface area is 173 Å². The zero-order chi connectivity index (χ0) is 20.1. The van der Waals surface area contributed by atoms with Crippen LogP contribution in [0.25, 0.3) is 0 Å². The largest absolute Gasteiger partial charge is 0.273 e. The van der Waals surface area contributed by atoms with Crippen molar-refractivity contribution >= 4 is 12.1 Å². The van der Waals surface area contributed by atoms with Crippen LogP contribution in [0.2, 0.25) is 0 Å². The van der Waals surface area contributed by atoms with Crippen molar-refractivity contribution in [2.45, 2.75) is 110 Å². The lowest BCUT2D eigenvalue weighted by atomic mass is 10.0. The van der Waals surface area contributed by atoms with Gasteiger partial charge in [0.1, 0.15) is 0 Å². The number of rotatable bonds is 18. The molecule has 0 aliphatic rings. The Hall–Kier alpha value is -1.64. The molecule has 0 spiro atoms. The number of benzene rings is 1. The first-order chi connectivity index (χ1) is 13.8. The van der Waals surface area contributed by atoms with Gasteiger partial charge in [0.15, 0.2) is 0 Å². The van der Waals surface area contributed by atoms with Gasteiger partial charge in [-0.3, -0.25) is 4.79 Å². The maximum Gasteiger partial charge on any atom is 0.240 e. The fourth-order valence-corrected chi connectivity index (χ4v) is 3.43. The standard InChI is InChI=1S/C25H42N2O/c1-2-3-4-5-6-7-8-9-10-11-12-13-14-15-19-22-25(28)27-26-23-24-20-17-16-18-21-24/h16-18,20-21,23H,2-15,19,22H2,1H3,(H,27,28)/b26-23+. The third-order valence-electron chi connectivity index (χ3n) is 5.21. The SMILES string of the molecule is CCCCCCCCCCCCCCCCCC(=O)N/N=C/c1ccccc1. The molecule has 0 saturated heterocycles. The number of carbonyl (C=O) groups excluding carboxylic acids is 1. The maximum atomic E-state index is 11.7. The second-order valence-electron chi connectivity index (χ2n) is 7.90. The van der Waals surface area contributed by atoms with Gasteiger partial charge in [0, 0.05) is 6.42 Å². The average Bonchev–Trinajstić information content (AvgIpc) is 2.71. The van der Waals surface area contributed by atoms with Crippen molar-refractivity contribution in [2.24, 2.45) is 5.10 Å². The Morgan fingerprint density at radius 1 is 0.750 bits per heavy atom. The third kappa shape index (κ3) is 15.4. The highest BCUT2D eigenvalue weighted by atomic mass is 16.2. The van der Waals surface area contributed by atoms with Crippen LogP contribution in [0.5, 0.6) is 0 Å². The molecular formula is C25H42N2O. The van der Waals surface area contributed by atoms with E-state index >= 15 is 0 Å². The van der Waals surface area contributed by atoms with E-state index in [1.165, 1.54) is 83.5 Å². The minimum Gasteiger partial charge on any atom is -0.273 e. The predicted octanol–water partition coefficient (Wildman–Crippen LogP) is 7.40. The number of unbranched alkanes of at least 4 members (excludes halogenated alkanes) is 14. The quantitative estimate of drug-likeness (QED) is 0.159. The number of hydrogen-bond donors (Lipinski definition) is 1. The van der Waals surface area contributed by atoms with Gasteiger partial charge >= 0.3 is 0 Å². The fraction of sp³-hybridized carbons (Fsp3) is 0.680. The van der Waals surface area contributed by atoms with Gasteiger partial charge in [0.05, 0.1) is 6.21 Å². The van der Waals surface area contributed by atoms with E-state index in [-0.39, 0.29) is 5.91 Å². The molecule has 0 aliphatic heterocycles.